The molecule has 2 fully saturated rings. The Labute approximate surface area is 171 Å². The van der Waals surface area contributed by atoms with Gasteiger partial charge in [0.1, 0.15) is 5.82 Å². The molecule has 0 aromatic heterocycles. The molecule has 158 valence electrons. The topological polar surface area (TPSA) is 66.9 Å². The Bertz CT molecular complexity index is 784. The van der Waals surface area contributed by atoms with Gasteiger partial charge in [0.2, 0.25) is 17.7 Å². The zero-order valence-corrected chi connectivity index (χ0v) is 17.2. The number of nitrogens with zero attached hydrogens (tertiary/aromatic N) is 2. The van der Waals surface area contributed by atoms with Gasteiger partial charge in [-0.2, -0.15) is 0 Å². The molecule has 2 aliphatic rings. The van der Waals surface area contributed by atoms with Gasteiger partial charge in [-0.3, -0.25) is 19.3 Å². The van der Waals surface area contributed by atoms with Gasteiger partial charge in [0.25, 0.3) is 0 Å². The standard InChI is InChI=1S/C22H29FN2O4/c1-3-16-8-6-7-11-24(16)19(26)14-22(17-9-4-5-10-18(17)23)15-20(27)25(21(22)28)12-13-29-2/h4-5,9-10,16H,3,6-8,11-15H2,1-2H3. The number of hydrogen-bond donors (Lipinski definition) is 0. The summed E-state index contributed by atoms with van der Waals surface area (Å²) in [6.45, 7) is 2.97. The second kappa shape index (κ2) is 9.03. The highest BCUT2D eigenvalue weighted by Crippen LogP contribution is 2.42. The zero-order chi connectivity index (χ0) is 21.0. The number of amides is 3. The van der Waals surface area contributed by atoms with Gasteiger partial charge in [0.15, 0.2) is 0 Å². The Balaban J connectivity index is 1.97. The summed E-state index contributed by atoms with van der Waals surface area (Å²) < 4.78 is 19.8. The van der Waals surface area contributed by atoms with E-state index in [4.69, 9.17) is 4.74 Å². The molecule has 6 nitrogen and oxygen atoms in total. The average molecular weight is 404 g/mol. The molecule has 2 atom stereocenters. The fourth-order valence-electron chi connectivity index (χ4n) is 4.62. The molecule has 2 heterocycles. The van der Waals surface area contributed by atoms with Crippen molar-refractivity contribution in [2.75, 3.05) is 26.8 Å². The fraction of sp³-hybridized carbons (Fsp3) is 0.591. The van der Waals surface area contributed by atoms with Crippen molar-refractivity contribution in [3.05, 3.63) is 35.6 Å². The van der Waals surface area contributed by atoms with Crippen LogP contribution in [0.15, 0.2) is 24.3 Å². The predicted octanol–water partition coefficient (Wildman–Crippen LogP) is 2.65. The first-order chi connectivity index (χ1) is 13.9. The van der Waals surface area contributed by atoms with Gasteiger partial charge in [-0.1, -0.05) is 25.1 Å². The van der Waals surface area contributed by atoms with E-state index in [9.17, 15) is 18.8 Å². The van der Waals surface area contributed by atoms with Crippen LogP contribution in [-0.4, -0.2) is 60.4 Å². The third kappa shape index (κ3) is 4.06. The number of hydrogen-bond acceptors (Lipinski definition) is 4. The van der Waals surface area contributed by atoms with Crippen molar-refractivity contribution in [1.82, 2.24) is 9.80 Å². The van der Waals surface area contributed by atoms with Crippen molar-refractivity contribution in [2.24, 2.45) is 0 Å². The van der Waals surface area contributed by atoms with Gasteiger partial charge < -0.3 is 9.64 Å². The van der Waals surface area contributed by atoms with E-state index in [2.05, 4.69) is 0 Å². The predicted molar refractivity (Wildman–Crippen MR) is 106 cm³/mol. The first kappa shape index (κ1) is 21.4. The number of ether oxygens (including phenoxy) is 1. The molecule has 0 bridgehead atoms. The van der Waals surface area contributed by atoms with E-state index in [-0.39, 0.29) is 43.5 Å². The number of piperidine rings is 1. The summed E-state index contributed by atoms with van der Waals surface area (Å²) in [6, 6.07) is 6.09. The summed E-state index contributed by atoms with van der Waals surface area (Å²) >= 11 is 0. The maximum absolute atomic E-state index is 14.8. The third-order valence-corrected chi connectivity index (χ3v) is 6.19. The van der Waals surface area contributed by atoms with Crippen LogP contribution in [0.2, 0.25) is 0 Å². The van der Waals surface area contributed by atoms with Crippen molar-refractivity contribution in [3.8, 4) is 0 Å². The Morgan fingerprint density at radius 1 is 1.28 bits per heavy atom. The van der Waals surface area contributed by atoms with Crippen LogP contribution in [0.4, 0.5) is 4.39 Å². The van der Waals surface area contributed by atoms with Gasteiger partial charge >= 0.3 is 0 Å². The first-order valence-corrected chi connectivity index (χ1v) is 10.3. The maximum Gasteiger partial charge on any atom is 0.241 e. The van der Waals surface area contributed by atoms with Crippen molar-refractivity contribution in [1.29, 1.82) is 0 Å². The minimum absolute atomic E-state index is 0.0971. The molecule has 2 saturated heterocycles. The number of carbonyl (C=O) groups excluding carboxylic acids is 3. The fourth-order valence-corrected chi connectivity index (χ4v) is 4.62. The number of halogens is 1. The molecule has 2 unspecified atom stereocenters. The third-order valence-electron chi connectivity index (χ3n) is 6.19. The SMILES string of the molecule is CCC1CCCCN1C(=O)CC1(c2ccccc2F)CC(=O)N(CCOC)C1=O. The van der Waals surface area contributed by atoms with Crippen LogP contribution in [0.25, 0.3) is 0 Å². The molecular weight excluding hydrogens is 375 g/mol. The Hall–Kier alpha value is -2.28. The van der Waals surface area contributed by atoms with Crippen molar-refractivity contribution in [3.63, 3.8) is 0 Å². The Morgan fingerprint density at radius 2 is 2.03 bits per heavy atom. The summed E-state index contributed by atoms with van der Waals surface area (Å²) in [6.07, 6.45) is 3.36. The van der Waals surface area contributed by atoms with E-state index in [0.717, 1.165) is 30.6 Å². The number of benzene rings is 1. The second-order valence-electron chi connectivity index (χ2n) is 7.90. The summed E-state index contributed by atoms with van der Waals surface area (Å²) in [5.41, 5.74) is -1.38. The molecule has 0 saturated carbocycles. The van der Waals surface area contributed by atoms with E-state index < -0.39 is 23.0 Å². The molecule has 0 radical (unpaired) electrons. The summed E-state index contributed by atoms with van der Waals surface area (Å²) in [5.74, 6) is -1.66. The Kier molecular flexibility index (Phi) is 6.67. The van der Waals surface area contributed by atoms with E-state index >= 15 is 0 Å². The highest BCUT2D eigenvalue weighted by atomic mass is 19.1. The number of methoxy groups -OCH3 is 1. The van der Waals surface area contributed by atoms with Gasteiger partial charge in [0.05, 0.1) is 18.6 Å². The van der Waals surface area contributed by atoms with Gasteiger partial charge in [-0.15, -0.1) is 0 Å². The minimum atomic E-state index is -1.50. The second-order valence-corrected chi connectivity index (χ2v) is 7.90. The minimum Gasteiger partial charge on any atom is -0.383 e. The lowest BCUT2D eigenvalue weighted by Gasteiger charge is -2.37. The molecular formula is C22H29FN2O4. The lowest BCUT2D eigenvalue weighted by Crippen LogP contribution is -2.48. The van der Waals surface area contributed by atoms with E-state index in [1.165, 1.54) is 25.3 Å². The molecule has 3 amide bonds. The summed E-state index contributed by atoms with van der Waals surface area (Å²) in [5, 5.41) is 0. The molecule has 3 rings (SSSR count). The molecule has 0 N–H and O–H groups in total. The van der Waals surface area contributed by atoms with Crippen LogP contribution in [0.5, 0.6) is 0 Å². The lowest BCUT2D eigenvalue weighted by atomic mass is 9.75. The maximum atomic E-state index is 14.8. The largest absolute Gasteiger partial charge is 0.383 e. The monoisotopic (exact) mass is 404 g/mol. The molecule has 29 heavy (non-hydrogen) atoms. The Morgan fingerprint density at radius 3 is 2.72 bits per heavy atom. The summed E-state index contributed by atoms with van der Waals surface area (Å²) in [4.78, 5) is 42.3. The summed E-state index contributed by atoms with van der Waals surface area (Å²) in [7, 11) is 1.49. The number of likely N-dealkylation sites (tertiary alicyclic amines) is 2. The highest BCUT2D eigenvalue weighted by Gasteiger charge is 2.55. The van der Waals surface area contributed by atoms with E-state index in [0.29, 0.717) is 6.54 Å². The first-order valence-electron chi connectivity index (χ1n) is 10.3. The van der Waals surface area contributed by atoms with Crippen LogP contribution in [0, 0.1) is 5.82 Å². The highest BCUT2D eigenvalue weighted by molar-refractivity contribution is 6.10. The van der Waals surface area contributed by atoms with Crippen LogP contribution < -0.4 is 0 Å². The molecule has 1 aromatic carbocycles. The van der Waals surface area contributed by atoms with E-state index in [1.807, 2.05) is 11.8 Å². The smallest absolute Gasteiger partial charge is 0.241 e. The van der Waals surface area contributed by atoms with Crippen LogP contribution >= 0.6 is 0 Å². The van der Waals surface area contributed by atoms with Crippen molar-refractivity contribution < 1.29 is 23.5 Å². The lowest BCUT2D eigenvalue weighted by molar-refractivity contribution is -0.144. The molecule has 7 heteroatoms. The number of carbonyl (C=O) groups is 3. The number of imide groups is 1. The normalized spacial score (nSPS) is 25.0. The number of rotatable bonds is 7. The van der Waals surface area contributed by atoms with Crippen molar-refractivity contribution in [2.45, 2.75) is 56.9 Å². The molecule has 0 aliphatic carbocycles. The molecule has 0 spiro atoms. The van der Waals surface area contributed by atoms with Crippen molar-refractivity contribution >= 4 is 17.7 Å². The van der Waals surface area contributed by atoms with Crippen LogP contribution in [0.1, 0.15) is 51.0 Å². The van der Waals surface area contributed by atoms with Crippen LogP contribution in [-0.2, 0) is 24.5 Å². The quantitative estimate of drug-likeness (QED) is 0.656. The molecule has 1 aromatic rings. The van der Waals surface area contributed by atoms with Gasteiger partial charge in [0, 0.05) is 38.1 Å². The van der Waals surface area contributed by atoms with Gasteiger partial charge in [-0.05, 0) is 31.7 Å². The zero-order valence-electron chi connectivity index (χ0n) is 17.2. The van der Waals surface area contributed by atoms with Gasteiger partial charge in [-0.25, -0.2) is 4.39 Å². The average Bonchev–Trinajstić information content (AvgIpc) is 2.96. The van der Waals surface area contributed by atoms with E-state index in [1.54, 1.807) is 6.07 Å². The van der Waals surface area contributed by atoms with Crippen LogP contribution in [0.3, 0.4) is 0 Å². The molecule has 2 aliphatic heterocycles.